The van der Waals surface area contributed by atoms with Crippen molar-refractivity contribution >= 4 is 33.2 Å². The van der Waals surface area contributed by atoms with Crippen molar-refractivity contribution in [3.8, 4) is 0 Å². The maximum Gasteiger partial charge on any atom is 0.221 e. The Labute approximate surface area is 146 Å². The largest absolute Gasteiger partial charge is 0.350 e. The van der Waals surface area contributed by atoms with E-state index in [0.717, 1.165) is 22.0 Å². The smallest absolute Gasteiger partial charge is 0.221 e. The molecule has 1 amide bonds. The van der Waals surface area contributed by atoms with Crippen LogP contribution in [0.15, 0.2) is 64.7 Å². The molecule has 0 aliphatic heterocycles. The Morgan fingerprint density at radius 3 is 2.44 bits per heavy atom. The number of hydrogen-bond donors (Lipinski definition) is 1. The molecule has 1 aromatic heterocycles. The number of benzene rings is 2. The Kier molecular flexibility index (Phi) is 4.46. The van der Waals surface area contributed by atoms with Crippen molar-refractivity contribution in [2.45, 2.75) is 11.8 Å². The number of nitrogens with zero attached hydrogens (tertiary/aromatic N) is 1. The zero-order chi connectivity index (χ0) is 18.0. The van der Waals surface area contributed by atoms with Gasteiger partial charge >= 0.3 is 0 Å². The van der Waals surface area contributed by atoms with Gasteiger partial charge < -0.3 is 9.88 Å². The van der Waals surface area contributed by atoms with Crippen LogP contribution < -0.4 is 5.32 Å². The van der Waals surface area contributed by atoms with Crippen molar-refractivity contribution in [1.82, 2.24) is 9.88 Å². The summed E-state index contributed by atoms with van der Waals surface area (Å²) in [5, 5.41) is 3.10. The van der Waals surface area contributed by atoms with E-state index in [2.05, 4.69) is 5.32 Å². The van der Waals surface area contributed by atoms with E-state index in [1.165, 1.54) is 18.2 Å². The van der Waals surface area contributed by atoms with Gasteiger partial charge in [-0.2, -0.15) is 0 Å². The zero-order valence-electron chi connectivity index (χ0n) is 13.9. The molecule has 0 radical (unpaired) electrons. The van der Waals surface area contributed by atoms with E-state index in [0.29, 0.717) is 6.41 Å². The van der Waals surface area contributed by atoms with E-state index >= 15 is 0 Å². The summed E-state index contributed by atoms with van der Waals surface area (Å²) in [5.41, 5.74) is 2.66. The maximum absolute atomic E-state index is 12.9. The van der Waals surface area contributed by atoms with Gasteiger partial charge in [-0.25, -0.2) is 8.42 Å². The highest BCUT2D eigenvalue weighted by atomic mass is 32.2. The molecule has 3 aromatic rings. The van der Waals surface area contributed by atoms with Crippen molar-refractivity contribution in [3.63, 3.8) is 0 Å². The molecule has 5 nitrogen and oxygen atoms in total. The Morgan fingerprint density at radius 2 is 1.76 bits per heavy atom. The van der Waals surface area contributed by atoms with E-state index in [-0.39, 0.29) is 9.92 Å². The van der Waals surface area contributed by atoms with Crippen LogP contribution in [0.3, 0.4) is 0 Å². The van der Waals surface area contributed by atoms with Gasteiger partial charge in [0.25, 0.3) is 0 Å². The van der Waals surface area contributed by atoms with Crippen molar-refractivity contribution < 1.29 is 13.2 Å². The van der Waals surface area contributed by atoms with Crippen LogP contribution in [0.1, 0.15) is 11.1 Å². The molecule has 0 aliphatic carbocycles. The standard InChI is InChI=1S/C19H18N2O3S/c1-14-7-9-16(10-8-14)25(23,24)19(20-13-22)11-15-12-21(2)18-6-4-3-5-17(15)18/h3-13H,1-2H3,(H,20,22). The quantitative estimate of drug-likeness (QED) is 0.716. The van der Waals surface area contributed by atoms with E-state index in [9.17, 15) is 13.2 Å². The molecule has 1 N–H and O–H groups in total. The number of hydrogen-bond acceptors (Lipinski definition) is 3. The van der Waals surface area contributed by atoms with Crippen molar-refractivity contribution in [1.29, 1.82) is 0 Å². The second kappa shape index (κ2) is 6.57. The van der Waals surface area contributed by atoms with Crippen LogP contribution >= 0.6 is 0 Å². The first-order chi connectivity index (χ1) is 11.9. The van der Waals surface area contributed by atoms with E-state index < -0.39 is 9.84 Å². The number of aryl methyl sites for hydroxylation is 2. The number of carbonyl (C=O) groups is 1. The first-order valence-corrected chi connectivity index (χ1v) is 9.19. The molecule has 25 heavy (non-hydrogen) atoms. The molecule has 0 saturated heterocycles. The third-order valence-corrected chi connectivity index (χ3v) is 5.74. The lowest BCUT2D eigenvalue weighted by Crippen LogP contribution is -2.19. The number of fused-ring (bicyclic) bond motifs is 1. The minimum absolute atomic E-state index is 0.138. The lowest BCUT2D eigenvalue weighted by Gasteiger charge is -2.08. The van der Waals surface area contributed by atoms with E-state index in [4.69, 9.17) is 0 Å². The molecule has 2 aromatic carbocycles. The van der Waals surface area contributed by atoms with Gasteiger partial charge in [0.2, 0.25) is 16.2 Å². The number of carbonyl (C=O) groups excluding carboxylic acids is 1. The number of rotatable bonds is 5. The van der Waals surface area contributed by atoms with Crippen LogP contribution in [0, 0.1) is 6.92 Å². The number of nitrogens with one attached hydrogen (secondary N) is 1. The number of amides is 1. The minimum atomic E-state index is -3.83. The summed E-state index contributed by atoms with van der Waals surface area (Å²) in [4.78, 5) is 11.1. The molecule has 128 valence electrons. The van der Waals surface area contributed by atoms with Crippen LogP contribution in [-0.4, -0.2) is 19.4 Å². The fraction of sp³-hybridized carbons (Fsp3) is 0.105. The van der Waals surface area contributed by atoms with Crippen molar-refractivity contribution in [2.24, 2.45) is 7.05 Å². The third-order valence-electron chi connectivity index (χ3n) is 4.04. The Balaban J connectivity index is 2.16. The number of aromatic nitrogens is 1. The maximum atomic E-state index is 12.9. The van der Waals surface area contributed by atoms with Gasteiger partial charge in [0.05, 0.1) is 4.90 Å². The first-order valence-electron chi connectivity index (χ1n) is 7.71. The van der Waals surface area contributed by atoms with Crippen LogP contribution in [-0.2, 0) is 21.7 Å². The molecule has 0 fully saturated rings. The summed E-state index contributed by atoms with van der Waals surface area (Å²) in [6, 6.07) is 14.2. The van der Waals surface area contributed by atoms with Gasteiger partial charge in [-0.15, -0.1) is 0 Å². The summed E-state index contributed by atoms with van der Waals surface area (Å²) in [6.45, 7) is 1.88. The second-order valence-corrected chi connectivity index (χ2v) is 7.72. The molecular formula is C19H18N2O3S. The lowest BCUT2D eigenvalue weighted by molar-refractivity contribution is -0.108. The highest BCUT2D eigenvalue weighted by molar-refractivity contribution is 7.95. The normalized spacial score (nSPS) is 12.3. The van der Waals surface area contributed by atoms with Crippen molar-refractivity contribution in [3.05, 3.63) is 70.9 Å². The van der Waals surface area contributed by atoms with Gasteiger partial charge in [-0.05, 0) is 31.2 Å². The van der Waals surface area contributed by atoms with Crippen LogP contribution in [0.25, 0.3) is 17.0 Å². The summed E-state index contributed by atoms with van der Waals surface area (Å²) < 4.78 is 27.7. The van der Waals surface area contributed by atoms with Crippen LogP contribution in [0.2, 0.25) is 0 Å². The topological polar surface area (TPSA) is 68.2 Å². The first kappa shape index (κ1) is 17.0. The summed E-state index contributed by atoms with van der Waals surface area (Å²) in [5.74, 6) is 0. The molecule has 0 unspecified atom stereocenters. The molecule has 0 spiro atoms. The highest BCUT2D eigenvalue weighted by Gasteiger charge is 2.21. The molecular weight excluding hydrogens is 336 g/mol. The molecule has 0 aliphatic rings. The predicted octanol–water partition coefficient (Wildman–Crippen LogP) is 3.01. The molecule has 0 saturated carbocycles. The van der Waals surface area contributed by atoms with Crippen LogP contribution in [0.5, 0.6) is 0 Å². The predicted molar refractivity (Wildman–Crippen MR) is 98.5 cm³/mol. The molecule has 6 heteroatoms. The number of sulfone groups is 1. The van der Waals surface area contributed by atoms with Gasteiger partial charge in [0.1, 0.15) is 5.03 Å². The fourth-order valence-electron chi connectivity index (χ4n) is 2.73. The van der Waals surface area contributed by atoms with Gasteiger partial charge in [-0.3, -0.25) is 4.79 Å². The van der Waals surface area contributed by atoms with E-state index in [1.807, 2.05) is 49.0 Å². The van der Waals surface area contributed by atoms with Gasteiger partial charge in [0.15, 0.2) is 0 Å². The van der Waals surface area contributed by atoms with Crippen LogP contribution in [0.4, 0.5) is 0 Å². The fourth-order valence-corrected chi connectivity index (χ4v) is 3.96. The monoisotopic (exact) mass is 354 g/mol. The zero-order valence-corrected chi connectivity index (χ0v) is 14.7. The summed E-state index contributed by atoms with van der Waals surface area (Å²) in [6.07, 6.45) is 3.70. The highest BCUT2D eigenvalue weighted by Crippen LogP contribution is 2.25. The SMILES string of the molecule is Cc1ccc(S(=O)(=O)C(=Cc2cn(C)c3ccccc23)NC=O)cc1. The summed E-state index contributed by atoms with van der Waals surface area (Å²) in [7, 11) is -1.94. The van der Waals surface area contributed by atoms with E-state index in [1.54, 1.807) is 12.1 Å². The number of para-hydroxylation sites is 1. The van der Waals surface area contributed by atoms with Crippen molar-refractivity contribution in [2.75, 3.05) is 0 Å². The molecule has 0 bridgehead atoms. The lowest BCUT2D eigenvalue weighted by atomic mass is 10.2. The molecule has 0 atom stereocenters. The Bertz CT molecular complexity index is 1060. The average Bonchev–Trinajstić information content (AvgIpc) is 2.91. The molecule has 3 rings (SSSR count). The second-order valence-electron chi connectivity index (χ2n) is 5.80. The average molecular weight is 354 g/mol. The van der Waals surface area contributed by atoms with Gasteiger partial charge in [0, 0.05) is 29.7 Å². The summed E-state index contributed by atoms with van der Waals surface area (Å²) >= 11 is 0. The minimum Gasteiger partial charge on any atom is -0.350 e. The third kappa shape index (κ3) is 3.21. The Morgan fingerprint density at radius 1 is 1.08 bits per heavy atom. The molecule has 1 heterocycles. The Hall–Kier alpha value is -2.86. The van der Waals surface area contributed by atoms with Gasteiger partial charge in [-0.1, -0.05) is 35.9 Å².